The second-order valence-corrected chi connectivity index (χ2v) is 4.63. The van der Waals surface area contributed by atoms with Crippen LogP contribution in [-0.2, 0) is 11.3 Å². The van der Waals surface area contributed by atoms with Gasteiger partial charge in [-0.2, -0.15) is 0 Å². The zero-order valence-electron chi connectivity index (χ0n) is 9.87. The van der Waals surface area contributed by atoms with Crippen LogP contribution in [0.1, 0.15) is 22.8 Å². The van der Waals surface area contributed by atoms with Gasteiger partial charge < -0.3 is 15.2 Å². The first-order valence-electron chi connectivity index (χ1n) is 5.30. The van der Waals surface area contributed by atoms with E-state index >= 15 is 0 Å². The molecule has 0 aliphatic rings. The van der Waals surface area contributed by atoms with E-state index in [1.54, 1.807) is 19.1 Å². The maximum atomic E-state index is 11.3. The predicted molar refractivity (Wildman–Crippen MR) is 68.9 cm³/mol. The van der Waals surface area contributed by atoms with Crippen molar-refractivity contribution in [3.63, 3.8) is 0 Å². The van der Waals surface area contributed by atoms with Crippen LogP contribution in [0.25, 0.3) is 0 Å². The zero-order chi connectivity index (χ0) is 12.8. The van der Waals surface area contributed by atoms with Crippen molar-refractivity contribution in [2.75, 3.05) is 13.7 Å². The number of benzene rings is 1. The molecule has 4 nitrogen and oxygen atoms in total. The van der Waals surface area contributed by atoms with E-state index in [1.807, 2.05) is 6.07 Å². The van der Waals surface area contributed by atoms with Gasteiger partial charge >= 0.3 is 5.97 Å². The molecule has 1 rings (SSSR count). The van der Waals surface area contributed by atoms with Gasteiger partial charge in [-0.25, -0.2) is 4.79 Å². The molecular formula is C12H16BrNO3. The molecule has 0 saturated heterocycles. The van der Waals surface area contributed by atoms with Gasteiger partial charge in [0.1, 0.15) is 0 Å². The maximum Gasteiger partial charge on any atom is 0.337 e. The zero-order valence-corrected chi connectivity index (χ0v) is 11.5. The number of nitrogens with one attached hydrogen (secondary N) is 1. The largest absolute Gasteiger partial charge is 0.465 e. The Balaban J connectivity index is 2.66. The van der Waals surface area contributed by atoms with Crippen molar-refractivity contribution in [1.82, 2.24) is 5.32 Å². The van der Waals surface area contributed by atoms with E-state index in [9.17, 15) is 4.79 Å². The summed E-state index contributed by atoms with van der Waals surface area (Å²) < 4.78 is 5.48. The third kappa shape index (κ3) is 4.46. The number of hydrogen-bond acceptors (Lipinski definition) is 4. The average Bonchev–Trinajstić information content (AvgIpc) is 2.29. The first-order valence-corrected chi connectivity index (χ1v) is 6.09. The highest BCUT2D eigenvalue weighted by Crippen LogP contribution is 2.19. The third-order valence-electron chi connectivity index (χ3n) is 2.23. The molecule has 1 atom stereocenters. The second-order valence-electron chi connectivity index (χ2n) is 3.78. The lowest BCUT2D eigenvalue weighted by Crippen LogP contribution is -2.24. The summed E-state index contributed by atoms with van der Waals surface area (Å²) in [7, 11) is 1.36. The molecule has 0 aliphatic heterocycles. The van der Waals surface area contributed by atoms with Crippen molar-refractivity contribution in [3.05, 3.63) is 33.8 Å². The minimum Gasteiger partial charge on any atom is -0.465 e. The van der Waals surface area contributed by atoms with Gasteiger partial charge in [0.2, 0.25) is 0 Å². The van der Waals surface area contributed by atoms with E-state index in [-0.39, 0.29) is 12.1 Å². The van der Waals surface area contributed by atoms with Gasteiger partial charge in [-0.15, -0.1) is 0 Å². The van der Waals surface area contributed by atoms with Crippen LogP contribution in [0.5, 0.6) is 0 Å². The molecule has 2 N–H and O–H groups in total. The third-order valence-corrected chi connectivity index (χ3v) is 2.97. The Morgan fingerprint density at radius 3 is 2.82 bits per heavy atom. The second kappa shape index (κ2) is 6.74. The van der Waals surface area contributed by atoms with Crippen molar-refractivity contribution < 1.29 is 14.6 Å². The van der Waals surface area contributed by atoms with Crippen LogP contribution in [0.3, 0.4) is 0 Å². The van der Waals surface area contributed by atoms with E-state index in [0.29, 0.717) is 18.7 Å². The first kappa shape index (κ1) is 14.2. The number of hydrogen-bond donors (Lipinski definition) is 2. The van der Waals surface area contributed by atoms with Crippen molar-refractivity contribution in [2.45, 2.75) is 19.6 Å². The number of carbonyl (C=O) groups is 1. The highest BCUT2D eigenvalue weighted by atomic mass is 79.9. The summed E-state index contributed by atoms with van der Waals surface area (Å²) in [6.45, 7) is 2.89. The highest BCUT2D eigenvalue weighted by Gasteiger charge is 2.08. The lowest BCUT2D eigenvalue weighted by Gasteiger charge is -2.09. The summed E-state index contributed by atoms with van der Waals surface area (Å²) >= 11 is 3.40. The van der Waals surface area contributed by atoms with Gasteiger partial charge in [0.15, 0.2) is 0 Å². The van der Waals surface area contributed by atoms with Gasteiger partial charge in [-0.1, -0.05) is 22.0 Å². The molecule has 1 aromatic rings. The highest BCUT2D eigenvalue weighted by molar-refractivity contribution is 9.10. The molecule has 0 heterocycles. The van der Waals surface area contributed by atoms with Gasteiger partial charge in [0.05, 0.1) is 18.8 Å². The van der Waals surface area contributed by atoms with Gasteiger partial charge in [-0.3, -0.25) is 0 Å². The Labute approximate surface area is 109 Å². The van der Waals surface area contributed by atoms with Crippen molar-refractivity contribution >= 4 is 21.9 Å². The molecule has 0 unspecified atom stereocenters. The lowest BCUT2D eigenvalue weighted by molar-refractivity contribution is 0.0600. The number of methoxy groups -OCH3 is 1. The predicted octanol–water partition coefficient (Wildman–Crippen LogP) is 1.71. The Morgan fingerprint density at radius 1 is 1.59 bits per heavy atom. The molecule has 0 amide bonds. The number of ether oxygens (including phenoxy) is 1. The number of aliphatic hydroxyl groups is 1. The average molecular weight is 302 g/mol. The molecule has 0 aromatic heterocycles. The van der Waals surface area contributed by atoms with Crippen LogP contribution in [0, 0.1) is 0 Å². The van der Waals surface area contributed by atoms with Crippen LogP contribution in [0.15, 0.2) is 22.7 Å². The molecule has 0 fully saturated rings. The maximum absolute atomic E-state index is 11.3. The number of carbonyl (C=O) groups excluding carboxylic acids is 1. The molecule has 5 heteroatoms. The molecule has 1 aromatic carbocycles. The first-order chi connectivity index (χ1) is 8.04. The van der Waals surface area contributed by atoms with Crippen molar-refractivity contribution in [1.29, 1.82) is 0 Å². The SMILES string of the molecule is COC(=O)c1ccc(CNC[C@H](C)O)c(Br)c1. The molecule has 17 heavy (non-hydrogen) atoms. The normalized spacial score (nSPS) is 12.2. The molecule has 94 valence electrons. The Hall–Kier alpha value is -0.910. The molecule has 0 bridgehead atoms. The van der Waals surface area contributed by atoms with Crippen LogP contribution in [0.4, 0.5) is 0 Å². The monoisotopic (exact) mass is 301 g/mol. The smallest absolute Gasteiger partial charge is 0.337 e. The number of halogens is 1. The quantitative estimate of drug-likeness (QED) is 0.813. The number of esters is 1. The standard InChI is InChI=1S/C12H16BrNO3/c1-8(15)6-14-7-10-4-3-9(5-11(10)13)12(16)17-2/h3-5,8,14-15H,6-7H2,1-2H3/t8-/m0/s1. The van der Waals surface area contributed by atoms with E-state index in [2.05, 4.69) is 26.0 Å². The Kier molecular flexibility index (Phi) is 5.61. The summed E-state index contributed by atoms with van der Waals surface area (Å²) in [4.78, 5) is 11.3. The fourth-order valence-corrected chi connectivity index (χ4v) is 1.87. The Morgan fingerprint density at radius 2 is 2.29 bits per heavy atom. The summed E-state index contributed by atoms with van der Waals surface area (Å²) in [6, 6.07) is 5.30. The van der Waals surface area contributed by atoms with Crippen LogP contribution < -0.4 is 5.32 Å². The van der Waals surface area contributed by atoms with E-state index in [1.165, 1.54) is 7.11 Å². The fourth-order valence-electron chi connectivity index (χ4n) is 1.35. The van der Waals surface area contributed by atoms with Gasteiger partial charge in [0, 0.05) is 17.6 Å². The van der Waals surface area contributed by atoms with Crippen LogP contribution in [-0.4, -0.2) is 30.8 Å². The summed E-state index contributed by atoms with van der Waals surface area (Å²) in [5.41, 5.74) is 1.54. The minimum atomic E-state index is -0.372. The van der Waals surface area contributed by atoms with E-state index < -0.39 is 0 Å². The fraction of sp³-hybridized carbons (Fsp3) is 0.417. The van der Waals surface area contributed by atoms with Crippen LogP contribution >= 0.6 is 15.9 Å². The summed E-state index contributed by atoms with van der Waals surface area (Å²) in [5.74, 6) is -0.353. The molecule has 0 aliphatic carbocycles. The molecule has 0 saturated carbocycles. The topological polar surface area (TPSA) is 58.6 Å². The molecule has 0 spiro atoms. The van der Waals surface area contributed by atoms with Gasteiger partial charge in [0.25, 0.3) is 0 Å². The molecular weight excluding hydrogens is 286 g/mol. The van der Waals surface area contributed by atoms with Gasteiger partial charge in [-0.05, 0) is 24.6 Å². The number of rotatable bonds is 5. The van der Waals surface area contributed by atoms with Crippen molar-refractivity contribution in [3.8, 4) is 0 Å². The summed E-state index contributed by atoms with van der Waals surface area (Å²) in [5, 5.41) is 12.2. The van der Waals surface area contributed by atoms with Crippen molar-refractivity contribution in [2.24, 2.45) is 0 Å². The summed E-state index contributed by atoms with van der Waals surface area (Å²) in [6.07, 6.45) is -0.372. The van der Waals surface area contributed by atoms with E-state index in [4.69, 9.17) is 5.11 Å². The Bertz CT molecular complexity index is 393. The molecule has 0 radical (unpaired) electrons. The van der Waals surface area contributed by atoms with Crippen LogP contribution in [0.2, 0.25) is 0 Å². The van der Waals surface area contributed by atoms with E-state index in [0.717, 1.165) is 10.0 Å². The minimum absolute atomic E-state index is 0.353. The number of aliphatic hydroxyl groups excluding tert-OH is 1. The lowest BCUT2D eigenvalue weighted by atomic mass is 10.1.